The Morgan fingerprint density at radius 1 is 0.404 bits per heavy atom. The van der Waals surface area contributed by atoms with E-state index in [4.69, 9.17) is 9.47 Å². The van der Waals surface area contributed by atoms with Crippen LogP contribution in [-0.2, 0) is 4.79 Å². The highest BCUT2D eigenvalue weighted by atomic mass is 16.5. The standard InChI is InChI=1S/C44H72O3/c1-3-5-7-9-11-13-15-17-19-21-23-25-27-29-39-46-42-35-31-40(32-36-42)41-33-37-43(38-34-41)47-44(45)30-28-26-24-22-20-18-16-14-12-10-8-6-4-2/h31-38H,3-30,39H2,1-2H3. The molecule has 2 aromatic rings. The number of ether oxygens (including phenoxy) is 2. The van der Waals surface area contributed by atoms with Gasteiger partial charge in [0.15, 0.2) is 0 Å². The predicted octanol–water partition coefficient (Wildman–Crippen LogP) is 14.6. The van der Waals surface area contributed by atoms with Gasteiger partial charge in [-0.3, -0.25) is 4.79 Å². The number of hydrogen-bond donors (Lipinski definition) is 0. The van der Waals surface area contributed by atoms with Gasteiger partial charge in [-0.15, -0.1) is 0 Å². The van der Waals surface area contributed by atoms with Crippen molar-refractivity contribution in [1.29, 1.82) is 0 Å². The first-order valence-corrected chi connectivity index (χ1v) is 20.3. The van der Waals surface area contributed by atoms with Crippen molar-refractivity contribution in [1.82, 2.24) is 0 Å². The fraction of sp³-hybridized carbons (Fsp3) is 0.705. The summed E-state index contributed by atoms with van der Waals surface area (Å²) in [7, 11) is 0. The third-order valence-corrected chi connectivity index (χ3v) is 9.52. The maximum atomic E-state index is 12.3. The molecule has 0 unspecified atom stereocenters. The van der Waals surface area contributed by atoms with Gasteiger partial charge in [0.2, 0.25) is 0 Å². The molecule has 0 heterocycles. The van der Waals surface area contributed by atoms with Crippen molar-refractivity contribution in [2.75, 3.05) is 6.61 Å². The molecule has 0 amide bonds. The lowest BCUT2D eigenvalue weighted by molar-refractivity contribution is -0.134. The third kappa shape index (κ3) is 22.8. The zero-order valence-electron chi connectivity index (χ0n) is 30.8. The Morgan fingerprint density at radius 3 is 1.11 bits per heavy atom. The zero-order valence-corrected chi connectivity index (χ0v) is 30.8. The van der Waals surface area contributed by atoms with Crippen molar-refractivity contribution in [3.63, 3.8) is 0 Å². The Hall–Kier alpha value is -2.29. The highest BCUT2D eigenvalue weighted by molar-refractivity contribution is 5.73. The average molecular weight is 649 g/mol. The van der Waals surface area contributed by atoms with E-state index in [9.17, 15) is 4.79 Å². The molecule has 0 aromatic heterocycles. The molecule has 2 aromatic carbocycles. The third-order valence-electron chi connectivity index (χ3n) is 9.52. The van der Waals surface area contributed by atoms with Gasteiger partial charge in [0, 0.05) is 6.42 Å². The van der Waals surface area contributed by atoms with Crippen LogP contribution in [0.1, 0.15) is 194 Å². The van der Waals surface area contributed by atoms with Crippen LogP contribution < -0.4 is 9.47 Å². The summed E-state index contributed by atoms with van der Waals surface area (Å²) >= 11 is 0. The van der Waals surface area contributed by atoms with E-state index < -0.39 is 0 Å². The molecule has 2 rings (SSSR count). The molecule has 0 radical (unpaired) electrons. The van der Waals surface area contributed by atoms with Crippen LogP contribution in [0.5, 0.6) is 11.5 Å². The summed E-state index contributed by atoms with van der Waals surface area (Å²) in [4.78, 5) is 12.3. The number of carbonyl (C=O) groups is 1. The highest BCUT2D eigenvalue weighted by Gasteiger charge is 2.06. The topological polar surface area (TPSA) is 35.5 Å². The monoisotopic (exact) mass is 649 g/mol. The minimum absolute atomic E-state index is 0.124. The lowest BCUT2D eigenvalue weighted by Gasteiger charge is -2.09. The minimum Gasteiger partial charge on any atom is -0.494 e. The van der Waals surface area contributed by atoms with Crippen molar-refractivity contribution in [2.24, 2.45) is 0 Å². The van der Waals surface area contributed by atoms with Crippen molar-refractivity contribution in [3.05, 3.63) is 48.5 Å². The van der Waals surface area contributed by atoms with E-state index in [0.29, 0.717) is 12.2 Å². The zero-order chi connectivity index (χ0) is 33.5. The molecule has 0 N–H and O–H groups in total. The van der Waals surface area contributed by atoms with Gasteiger partial charge in [-0.1, -0.05) is 199 Å². The molecular formula is C44H72O3. The Labute approximate surface area is 291 Å². The molecule has 0 spiro atoms. The van der Waals surface area contributed by atoms with Crippen LogP contribution in [0.2, 0.25) is 0 Å². The molecule has 0 bridgehead atoms. The van der Waals surface area contributed by atoms with Crippen molar-refractivity contribution >= 4 is 5.97 Å². The molecular weight excluding hydrogens is 576 g/mol. The van der Waals surface area contributed by atoms with Gasteiger partial charge in [0.05, 0.1) is 6.61 Å². The normalized spacial score (nSPS) is 11.2. The molecule has 0 aliphatic heterocycles. The lowest BCUT2D eigenvalue weighted by Crippen LogP contribution is -2.07. The highest BCUT2D eigenvalue weighted by Crippen LogP contribution is 2.25. The number of carbonyl (C=O) groups excluding carboxylic acids is 1. The van der Waals surface area contributed by atoms with E-state index >= 15 is 0 Å². The van der Waals surface area contributed by atoms with Gasteiger partial charge in [-0.05, 0) is 48.2 Å². The van der Waals surface area contributed by atoms with Crippen LogP contribution >= 0.6 is 0 Å². The summed E-state index contributed by atoms with van der Waals surface area (Å²) in [5.74, 6) is 1.44. The largest absolute Gasteiger partial charge is 0.494 e. The summed E-state index contributed by atoms with van der Waals surface area (Å²) in [5.41, 5.74) is 2.25. The molecule has 0 saturated carbocycles. The summed E-state index contributed by atoms with van der Waals surface area (Å²) < 4.78 is 11.6. The van der Waals surface area contributed by atoms with Gasteiger partial charge in [-0.2, -0.15) is 0 Å². The first kappa shape index (κ1) is 40.9. The number of benzene rings is 2. The lowest BCUT2D eigenvalue weighted by atomic mass is 10.0. The second kappa shape index (κ2) is 29.8. The van der Waals surface area contributed by atoms with Gasteiger partial charge >= 0.3 is 5.97 Å². The summed E-state index contributed by atoms with van der Waals surface area (Å²) in [6.45, 7) is 5.35. The van der Waals surface area contributed by atoms with Gasteiger partial charge < -0.3 is 9.47 Å². The van der Waals surface area contributed by atoms with Crippen LogP contribution in [0.15, 0.2) is 48.5 Å². The SMILES string of the molecule is CCCCCCCCCCCCCCCCOc1ccc(-c2ccc(OC(=O)CCCCCCCCCCCCCCC)cc2)cc1. The van der Waals surface area contributed by atoms with E-state index in [1.165, 1.54) is 154 Å². The van der Waals surface area contributed by atoms with E-state index in [2.05, 4.69) is 38.1 Å². The summed E-state index contributed by atoms with van der Waals surface area (Å²) in [5, 5.41) is 0. The Bertz CT molecular complexity index is 965. The first-order chi connectivity index (χ1) is 23.2. The fourth-order valence-electron chi connectivity index (χ4n) is 6.42. The van der Waals surface area contributed by atoms with Crippen LogP contribution in [0.3, 0.4) is 0 Å². The summed E-state index contributed by atoms with van der Waals surface area (Å²) in [6.07, 6.45) is 36.7. The van der Waals surface area contributed by atoms with Gasteiger partial charge in [-0.25, -0.2) is 0 Å². The van der Waals surface area contributed by atoms with E-state index in [0.717, 1.165) is 42.7 Å². The van der Waals surface area contributed by atoms with Gasteiger partial charge in [0.1, 0.15) is 11.5 Å². The molecule has 0 aliphatic carbocycles. The smallest absolute Gasteiger partial charge is 0.311 e. The molecule has 3 nitrogen and oxygen atoms in total. The van der Waals surface area contributed by atoms with Crippen LogP contribution in [-0.4, -0.2) is 12.6 Å². The van der Waals surface area contributed by atoms with E-state index in [1.54, 1.807) is 0 Å². The maximum absolute atomic E-state index is 12.3. The quantitative estimate of drug-likeness (QED) is 0.0450. The minimum atomic E-state index is -0.124. The molecule has 0 saturated heterocycles. The summed E-state index contributed by atoms with van der Waals surface area (Å²) in [6, 6.07) is 16.2. The van der Waals surface area contributed by atoms with Crippen LogP contribution in [0.25, 0.3) is 11.1 Å². The molecule has 0 atom stereocenters. The van der Waals surface area contributed by atoms with E-state index in [-0.39, 0.29) is 5.97 Å². The van der Waals surface area contributed by atoms with Crippen LogP contribution in [0, 0.1) is 0 Å². The molecule has 0 fully saturated rings. The molecule has 3 heteroatoms. The molecule has 47 heavy (non-hydrogen) atoms. The van der Waals surface area contributed by atoms with Crippen molar-refractivity contribution in [2.45, 2.75) is 194 Å². The van der Waals surface area contributed by atoms with Crippen molar-refractivity contribution < 1.29 is 14.3 Å². The second-order valence-electron chi connectivity index (χ2n) is 14.0. The fourth-order valence-corrected chi connectivity index (χ4v) is 6.42. The first-order valence-electron chi connectivity index (χ1n) is 20.3. The molecule has 266 valence electrons. The van der Waals surface area contributed by atoms with Crippen LogP contribution in [0.4, 0.5) is 0 Å². The number of esters is 1. The second-order valence-corrected chi connectivity index (χ2v) is 14.0. The average Bonchev–Trinajstić information content (AvgIpc) is 3.09. The van der Waals surface area contributed by atoms with E-state index in [1.807, 2.05) is 24.3 Å². The van der Waals surface area contributed by atoms with Crippen molar-refractivity contribution in [3.8, 4) is 22.6 Å². The Kier molecular flexibility index (Phi) is 25.9. The number of rotatable bonds is 32. The number of hydrogen-bond acceptors (Lipinski definition) is 3. The Morgan fingerprint density at radius 2 is 0.723 bits per heavy atom. The Balaban J connectivity index is 1.45. The maximum Gasteiger partial charge on any atom is 0.311 e. The van der Waals surface area contributed by atoms with Gasteiger partial charge in [0.25, 0.3) is 0 Å². The molecule has 0 aliphatic rings. The predicted molar refractivity (Wildman–Crippen MR) is 204 cm³/mol. The number of unbranched alkanes of at least 4 members (excludes halogenated alkanes) is 25.